The number of thiophene rings is 1. The summed E-state index contributed by atoms with van der Waals surface area (Å²) in [5, 5.41) is 0. The third kappa shape index (κ3) is 5.68. The molecule has 1 aliphatic heterocycles. The number of rotatable bonds is 1. The van der Waals surface area contributed by atoms with Crippen LogP contribution in [0.15, 0.2) is 22.7 Å². The summed E-state index contributed by atoms with van der Waals surface area (Å²) >= 11 is 5.44. The second kappa shape index (κ2) is 10.4. The van der Waals surface area contributed by atoms with Gasteiger partial charge in [0, 0.05) is 14.2 Å². The number of fused-ring (bicyclic) bond motifs is 1. The van der Waals surface area contributed by atoms with Gasteiger partial charge in [-0.25, -0.2) is 0 Å². The molecule has 0 radical (unpaired) electrons. The van der Waals surface area contributed by atoms with Crippen LogP contribution in [0.25, 0.3) is 10.4 Å². The van der Waals surface area contributed by atoms with Gasteiger partial charge in [-0.2, -0.15) is 0 Å². The van der Waals surface area contributed by atoms with Gasteiger partial charge in [0.1, 0.15) is 13.2 Å². The largest absolute Gasteiger partial charge is 0.487 e. The van der Waals surface area contributed by atoms with E-state index in [9.17, 15) is 0 Å². The lowest BCUT2D eigenvalue weighted by Gasteiger charge is -2.14. The summed E-state index contributed by atoms with van der Waals surface area (Å²) in [5.41, 5.74) is 2.37. The monoisotopic (exact) mass is 456 g/mol. The quantitative estimate of drug-likeness (QED) is 0.626. The van der Waals surface area contributed by atoms with E-state index >= 15 is 0 Å². The Balaban J connectivity index is 1.79. The average molecular weight is 457 g/mol. The molecule has 2 aromatic rings. The summed E-state index contributed by atoms with van der Waals surface area (Å²) in [6.45, 7) is 8.42. The minimum Gasteiger partial charge on any atom is -0.487 e. The summed E-state index contributed by atoms with van der Waals surface area (Å²) in [7, 11) is 0. The van der Waals surface area contributed by atoms with E-state index in [-0.39, 0.29) is 0 Å². The van der Waals surface area contributed by atoms with Crippen LogP contribution in [-0.2, 0) is 14.2 Å². The highest BCUT2D eigenvalue weighted by atomic mass is 79.9. The fourth-order valence-electron chi connectivity index (χ4n) is 2.76. The van der Waals surface area contributed by atoms with Crippen LogP contribution in [-0.4, -0.2) is 52.9 Å². The first kappa shape index (κ1) is 20.6. The molecule has 27 heavy (non-hydrogen) atoms. The first-order valence-electron chi connectivity index (χ1n) is 9.05. The first-order valence-corrected chi connectivity index (χ1v) is 10.7. The van der Waals surface area contributed by atoms with Crippen molar-refractivity contribution in [2.75, 3.05) is 52.9 Å². The highest BCUT2D eigenvalue weighted by Gasteiger charge is 2.15. The predicted molar refractivity (Wildman–Crippen MR) is 110 cm³/mol. The molecule has 1 aromatic heterocycles. The fourth-order valence-corrected chi connectivity index (χ4v) is 4.38. The SMILES string of the molecule is Cc1sc(-c2ccc3c(c2)OCCOCCOCCOCCO3)c(C)c1Br. The standard InChI is InChI=1S/C20H25BrO5S/c1-14-19(21)15(2)27-20(14)16-3-4-17-18(13-16)26-12-10-24-8-6-22-5-7-23-9-11-25-17/h3-4,13H,5-12H2,1-2H3. The van der Waals surface area contributed by atoms with Gasteiger partial charge in [-0.05, 0) is 59.1 Å². The van der Waals surface area contributed by atoms with Crippen LogP contribution in [0.4, 0.5) is 0 Å². The Morgan fingerprint density at radius 1 is 0.778 bits per heavy atom. The minimum absolute atomic E-state index is 0.461. The second-order valence-corrected chi connectivity index (χ2v) is 8.14. The van der Waals surface area contributed by atoms with Crippen LogP contribution in [0.1, 0.15) is 10.4 Å². The molecule has 0 saturated carbocycles. The Morgan fingerprint density at radius 2 is 1.33 bits per heavy atom. The summed E-state index contributed by atoms with van der Waals surface area (Å²) in [5.74, 6) is 1.45. The summed E-state index contributed by atoms with van der Waals surface area (Å²) in [4.78, 5) is 2.50. The molecule has 2 heterocycles. The molecular formula is C20H25BrO5S. The molecule has 0 amide bonds. The van der Waals surface area contributed by atoms with Crippen molar-refractivity contribution in [3.63, 3.8) is 0 Å². The molecule has 0 atom stereocenters. The zero-order chi connectivity index (χ0) is 19.1. The molecule has 0 fully saturated rings. The van der Waals surface area contributed by atoms with Gasteiger partial charge >= 0.3 is 0 Å². The van der Waals surface area contributed by atoms with E-state index in [1.807, 2.05) is 12.1 Å². The van der Waals surface area contributed by atoms with Crippen molar-refractivity contribution in [1.82, 2.24) is 0 Å². The van der Waals surface area contributed by atoms with Gasteiger partial charge in [0.05, 0.1) is 39.6 Å². The van der Waals surface area contributed by atoms with E-state index < -0.39 is 0 Å². The molecule has 0 unspecified atom stereocenters. The molecule has 1 aromatic carbocycles. The smallest absolute Gasteiger partial charge is 0.161 e. The van der Waals surface area contributed by atoms with Gasteiger partial charge in [0.2, 0.25) is 0 Å². The lowest BCUT2D eigenvalue weighted by molar-refractivity contribution is 0.00708. The molecular weight excluding hydrogens is 432 g/mol. The maximum atomic E-state index is 5.96. The van der Waals surface area contributed by atoms with E-state index in [4.69, 9.17) is 23.7 Å². The zero-order valence-electron chi connectivity index (χ0n) is 15.7. The molecule has 7 heteroatoms. The van der Waals surface area contributed by atoms with Gasteiger partial charge < -0.3 is 23.7 Å². The van der Waals surface area contributed by atoms with E-state index in [2.05, 4.69) is 35.8 Å². The van der Waals surface area contributed by atoms with Crippen LogP contribution in [0.2, 0.25) is 0 Å². The van der Waals surface area contributed by atoms with Crippen LogP contribution >= 0.6 is 27.3 Å². The molecule has 0 spiro atoms. The zero-order valence-corrected chi connectivity index (χ0v) is 18.1. The number of ether oxygens (including phenoxy) is 5. The van der Waals surface area contributed by atoms with Crippen molar-refractivity contribution < 1.29 is 23.7 Å². The van der Waals surface area contributed by atoms with E-state index in [1.54, 1.807) is 11.3 Å². The Kier molecular flexibility index (Phi) is 7.96. The van der Waals surface area contributed by atoms with Crippen molar-refractivity contribution in [2.45, 2.75) is 13.8 Å². The van der Waals surface area contributed by atoms with Crippen molar-refractivity contribution in [1.29, 1.82) is 0 Å². The van der Waals surface area contributed by atoms with Crippen molar-refractivity contribution >= 4 is 27.3 Å². The maximum absolute atomic E-state index is 5.96. The summed E-state index contributed by atoms with van der Waals surface area (Å²) in [6.07, 6.45) is 0. The second-order valence-electron chi connectivity index (χ2n) is 6.12. The van der Waals surface area contributed by atoms with Gasteiger partial charge in [0.25, 0.3) is 0 Å². The number of benzene rings is 1. The average Bonchev–Trinajstić information content (AvgIpc) is 2.92. The highest BCUT2D eigenvalue weighted by Crippen LogP contribution is 2.41. The fraction of sp³-hybridized carbons (Fsp3) is 0.500. The van der Waals surface area contributed by atoms with E-state index in [0.29, 0.717) is 52.9 Å². The Hall–Kier alpha value is -1.12. The molecule has 0 bridgehead atoms. The topological polar surface area (TPSA) is 46.2 Å². The molecule has 0 aliphatic carbocycles. The van der Waals surface area contributed by atoms with Crippen LogP contribution < -0.4 is 9.47 Å². The van der Waals surface area contributed by atoms with Gasteiger partial charge in [-0.1, -0.05) is 0 Å². The molecule has 3 rings (SSSR count). The Labute approximate surface area is 172 Å². The molecule has 148 valence electrons. The summed E-state index contributed by atoms with van der Waals surface area (Å²) < 4.78 is 29.5. The maximum Gasteiger partial charge on any atom is 0.161 e. The normalized spacial score (nSPS) is 17.1. The number of hydrogen-bond donors (Lipinski definition) is 0. The Morgan fingerprint density at radius 3 is 1.89 bits per heavy atom. The van der Waals surface area contributed by atoms with Gasteiger partial charge in [-0.15, -0.1) is 11.3 Å². The summed E-state index contributed by atoms with van der Waals surface area (Å²) in [6, 6.07) is 6.09. The predicted octanol–water partition coefficient (Wildman–Crippen LogP) is 4.62. The van der Waals surface area contributed by atoms with Crippen LogP contribution in [0.3, 0.4) is 0 Å². The van der Waals surface area contributed by atoms with Crippen LogP contribution in [0, 0.1) is 13.8 Å². The van der Waals surface area contributed by atoms with Gasteiger partial charge in [-0.3, -0.25) is 0 Å². The van der Waals surface area contributed by atoms with Crippen molar-refractivity contribution in [3.05, 3.63) is 33.1 Å². The number of hydrogen-bond acceptors (Lipinski definition) is 6. The molecule has 0 N–H and O–H groups in total. The van der Waals surface area contributed by atoms with Crippen molar-refractivity contribution in [2.24, 2.45) is 0 Å². The highest BCUT2D eigenvalue weighted by molar-refractivity contribution is 9.10. The van der Waals surface area contributed by atoms with Crippen LogP contribution in [0.5, 0.6) is 11.5 Å². The third-order valence-electron chi connectivity index (χ3n) is 4.15. The third-order valence-corrected chi connectivity index (χ3v) is 6.86. The Bertz CT molecular complexity index is 746. The lowest BCUT2D eigenvalue weighted by atomic mass is 10.1. The van der Waals surface area contributed by atoms with E-state index in [0.717, 1.165) is 17.1 Å². The molecule has 1 aliphatic rings. The molecule has 0 saturated heterocycles. The number of halogens is 1. The lowest BCUT2D eigenvalue weighted by Crippen LogP contribution is -2.13. The number of aryl methyl sites for hydroxylation is 1. The van der Waals surface area contributed by atoms with E-state index in [1.165, 1.54) is 19.8 Å². The van der Waals surface area contributed by atoms with Gasteiger partial charge in [0.15, 0.2) is 11.5 Å². The molecule has 5 nitrogen and oxygen atoms in total. The minimum atomic E-state index is 0.461. The first-order chi connectivity index (χ1) is 13.2. The van der Waals surface area contributed by atoms with Crippen molar-refractivity contribution in [3.8, 4) is 21.9 Å².